The van der Waals surface area contributed by atoms with Gasteiger partial charge in [-0.25, -0.2) is 17.2 Å². The largest absolute Gasteiger partial charge is 0.408 e. The summed E-state index contributed by atoms with van der Waals surface area (Å²) >= 11 is 0. The second-order valence-corrected chi connectivity index (χ2v) is 18.9. The number of aromatic nitrogens is 2. The first-order valence-electron chi connectivity index (χ1n) is 19.7. The lowest BCUT2D eigenvalue weighted by atomic mass is 9.85. The van der Waals surface area contributed by atoms with Crippen molar-refractivity contribution in [3.05, 3.63) is 65.0 Å². The van der Waals surface area contributed by atoms with Crippen molar-refractivity contribution in [3.8, 4) is 11.1 Å². The van der Waals surface area contributed by atoms with Gasteiger partial charge >= 0.3 is 6.01 Å². The summed E-state index contributed by atoms with van der Waals surface area (Å²) < 4.78 is 61.6. The minimum absolute atomic E-state index is 0.0313. The molecule has 2 aromatic carbocycles. The van der Waals surface area contributed by atoms with Crippen LogP contribution < -0.4 is 15.4 Å². The normalized spacial score (nSPS) is 27.3. The van der Waals surface area contributed by atoms with E-state index >= 15 is 0 Å². The van der Waals surface area contributed by atoms with Crippen molar-refractivity contribution in [2.75, 3.05) is 11.9 Å². The number of nitrogens with one attached hydrogen (secondary N) is 3. The van der Waals surface area contributed by atoms with Gasteiger partial charge in [-0.05, 0) is 66.7 Å². The number of amides is 3. The van der Waals surface area contributed by atoms with Crippen LogP contribution in [0.3, 0.4) is 0 Å². The quantitative estimate of drug-likeness (QED) is 0.246. The summed E-state index contributed by atoms with van der Waals surface area (Å²) in [5.41, 5.74) is 2.62. The summed E-state index contributed by atoms with van der Waals surface area (Å²) in [7, 11) is -4.11. The Balaban J connectivity index is 1.13. The molecular weight excluding hydrogens is 761 g/mol. The fourth-order valence-corrected chi connectivity index (χ4v) is 9.55. The maximum atomic E-state index is 14.7. The number of carbonyl (C=O) groups is 3. The first-order valence-corrected chi connectivity index (χ1v) is 21.2. The number of oxime groups is 1. The van der Waals surface area contributed by atoms with Crippen molar-refractivity contribution < 1.29 is 40.8 Å². The molecule has 1 saturated heterocycles. The van der Waals surface area contributed by atoms with E-state index in [0.29, 0.717) is 30.9 Å². The molecule has 3 amide bonds. The van der Waals surface area contributed by atoms with Crippen molar-refractivity contribution >= 4 is 39.5 Å². The van der Waals surface area contributed by atoms with E-state index in [1.54, 1.807) is 0 Å². The third kappa shape index (κ3) is 7.74. The predicted molar refractivity (Wildman–Crippen MR) is 205 cm³/mol. The molecule has 0 radical (unpaired) electrons. The highest BCUT2D eigenvalue weighted by Crippen LogP contribution is 2.48. The topological polar surface area (TPSA) is 185 Å². The van der Waals surface area contributed by atoms with Gasteiger partial charge in [0.15, 0.2) is 0 Å². The lowest BCUT2D eigenvalue weighted by molar-refractivity contribution is -0.142. The Morgan fingerprint density at radius 1 is 0.982 bits per heavy atom. The van der Waals surface area contributed by atoms with Crippen molar-refractivity contribution in [1.29, 1.82) is 0 Å². The minimum atomic E-state index is -4.11. The fraction of sp³-hybridized carbons (Fsp3) is 0.550. The van der Waals surface area contributed by atoms with Crippen molar-refractivity contribution in [2.24, 2.45) is 16.5 Å². The number of alkyl halides is 2. The van der Waals surface area contributed by atoms with E-state index < -0.39 is 80.9 Å². The van der Waals surface area contributed by atoms with Gasteiger partial charge in [0.25, 0.3) is 5.91 Å². The van der Waals surface area contributed by atoms with Gasteiger partial charge in [-0.2, -0.15) is 0 Å². The highest BCUT2D eigenvalue weighted by atomic mass is 32.2. The van der Waals surface area contributed by atoms with Crippen LogP contribution >= 0.6 is 0 Å². The number of carbonyl (C=O) groups excluding carboxylic acids is 3. The van der Waals surface area contributed by atoms with Gasteiger partial charge in [-0.15, -0.1) is 5.10 Å². The van der Waals surface area contributed by atoms with Gasteiger partial charge in [0.2, 0.25) is 34.2 Å². The number of hydrogen-bond donors (Lipinski definition) is 3. The molecule has 3 N–H and O–H groups in total. The Morgan fingerprint density at radius 2 is 1.70 bits per heavy atom. The lowest BCUT2D eigenvalue weighted by Crippen LogP contribution is -2.59. The summed E-state index contributed by atoms with van der Waals surface area (Å²) in [5, 5.41) is 17.8. The summed E-state index contributed by atoms with van der Waals surface area (Å²) in [6, 6.07) is 11.9. The Kier molecular flexibility index (Phi) is 10.1. The van der Waals surface area contributed by atoms with Gasteiger partial charge in [0.1, 0.15) is 29.4 Å². The van der Waals surface area contributed by atoms with Crippen LogP contribution in [0.2, 0.25) is 0 Å². The fourth-order valence-electron chi connectivity index (χ4n) is 8.19. The number of rotatable bonds is 6. The maximum Gasteiger partial charge on any atom is 0.316 e. The average molecular weight is 808 g/mol. The van der Waals surface area contributed by atoms with Crippen LogP contribution in [0.25, 0.3) is 11.1 Å². The molecule has 57 heavy (non-hydrogen) atoms. The standard InChI is InChI=1S/C40H47F2N7O7S/c1-39(2,3)33-36(51)49-21-23(19-30(49)35(50)44-40(20-29(40)34(41)42)37(52)48-57(53,54)24-15-16-24)56-47-32-27-12-9-8-11-25(27)26-17-14-22(18-28(26)32)10-6-4-5-7-13-31-45-46-38(43-33)55-31/h8-9,11-12,14,17-18,23-24,29-30,33-34H,4-7,10,13,15-16,19-21H2,1-3H3,(H,43,46)(H,44,50)(H,48,52)/b47-32-/t23-,29+,30+,33-,40-/m1/s1. The number of halogens is 2. The molecule has 6 bridgehead atoms. The molecule has 3 aromatic rings. The van der Waals surface area contributed by atoms with Crippen molar-refractivity contribution in [3.63, 3.8) is 0 Å². The Labute approximate surface area is 329 Å². The summed E-state index contributed by atoms with van der Waals surface area (Å²) in [6.45, 7) is 5.37. The van der Waals surface area contributed by atoms with E-state index in [2.05, 4.69) is 44.2 Å². The van der Waals surface area contributed by atoms with Crippen LogP contribution in [0.4, 0.5) is 14.8 Å². The van der Waals surface area contributed by atoms with Crippen LogP contribution in [-0.2, 0) is 42.1 Å². The lowest BCUT2D eigenvalue weighted by Gasteiger charge is -2.35. The molecule has 3 aliphatic carbocycles. The molecule has 17 heteroatoms. The molecule has 5 atom stereocenters. The third-order valence-corrected chi connectivity index (χ3v) is 13.5. The van der Waals surface area contributed by atoms with E-state index in [1.807, 2.05) is 49.8 Å². The van der Waals surface area contributed by atoms with E-state index in [0.717, 1.165) is 59.9 Å². The second-order valence-electron chi connectivity index (χ2n) is 17.0. The number of fused-ring (bicyclic) bond motifs is 8. The molecule has 0 spiro atoms. The Hall–Kier alpha value is -4.93. The summed E-state index contributed by atoms with van der Waals surface area (Å²) in [6.07, 6.45) is 1.50. The van der Waals surface area contributed by atoms with E-state index in [4.69, 9.17) is 9.25 Å². The molecular formula is C40H47F2N7O7S. The van der Waals surface area contributed by atoms with Gasteiger partial charge in [-0.1, -0.05) is 80.3 Å². The number of hydrogen-bond acceptors (Lipinski definition) is 11. The molecule has 14 nitrogen and oxygen atoms in total. The average Bonchev–Trinajstić information content (AvgIpc) is 4.03. The molecule has 3 heterocycles. The van der Waals surface area contributed by atoms with Crippen LogP contribution in [-0.4, -0.2) is 88.9 Å². The monoisotopic (exact) mass is 807 g/mol. The molecule has 8 rings (SSSR count). The van der Waals surface area contributed by atoms with Gasteiger partial charge in [-0.3, -0.25) is 19.1 Å². The summed E-state index contributed by atoms with van der Waals surface area (Å²) in [4.78, 5) is 50.0. The van der Waals surface area contributed by atoms with Gasteiger partial charge < -0.3 is 24.8 Å². The third-order valence-electron chi connectivity index (χ3n) is 11.7. The van der Waals surface area contributed by atoms with Crippen molar-refractivity contribution in [2.45, 2.75) is 120 Å². The zero-order valence-corrected chi connectivity index (χ0v) is 32.9. The Morgan fingerprint density at radius 3 is 2.40 bits per heavy atom. The second kappa shape index (κ2) is 14.8. The zero-order chi connectivity index (χ0) is 40.3. The molecule has 2 aliphatic heterocycles. The predicted octanol–water partition coefficient (Wildman–Crippen LogP) is 4.72. The van der Waals surface area contributed by atoms with Crippen LogP contribution in [0.15, 0.2) is 52.0 Å². The van der Waals surface area contributed by atoms with Gasteiger partial charge in [0, 0.05) is 24.0 Å². The molecule has 3 fully saturated rings. The highest BCUT2D eigenvalue weighted by molar-refractivity contribution is 7.91. The van der Waals surface area contributed by atoms with Crippen molar-refractivity contribution in [1.82, 2.24) is 25.1 Å². The first kappa shape index (κ1) is 38.9. The van der Waals surface area contributed by atoms with Crippen LogP contribution in [0.5, 0.6) is 0 Å². The molecule has 0 unspecified atom stereocenters. The first-order chi connectivity index (χ1) is 27.1. The summed E-state index contributed by atoms with van der Waals surface area (Å²) in [5.74, 6) is -3.86. The molecule has 2 saturated carbocycles. The number of aryl methyl sites for hydroxylation is 2. The molecule has 304 valence electrons. The smallest absolute Gasteiger partial charge is 0.316 e. The van der Waals surface area contributed by atoms with Crippen LogP contribution in [0.1, 0.15) is 94.7 Å². The molecule has 5 aliphatic rings. The number of anilines is 1. The zero-order valence-electron chi connectivity index (χ0n) is 32.1. The Bertz CT molecular complexity index is 2220. The van der Waals surface area contributed by atoms with E-state index in [-0.39, 0.29) is 19.0 Å². The van der Waals surface area contributed by atoms with Crippen LogP contribution in [0, 0.1) is 11.3 Å². The molecule has 1 aromatic heterocycles. The SMILES string of the molecule is CC(C)(C)[C@@H]1Nc2nnc(o2)CCCCCCc2ccc3c(c2)/C(=N\O[C@@H]2C[C@@H](C(=O)N[C@]4(C(=O)NS(=O)(=O)C5CC5)C[C@H]4C(F)F)N(C2)C1=O)c1ccccc1-3. The van der Waals surface area contributed by atoms with E-state index in [1.165, 1.54) is 4.90 Å². The number of nitrogens with zero attached hydrogens (tertiary/aromatic N) is 4. The van der Waals surface area contributed by atoms with E-state index in [9.17, 15) is 31.6 Å². The van der Waals surface area contributed by atoms with Gasteiger partial charge in [0.05, 0.1) is 17.7 Å². The maximum absolute atomic E-state index is 14.7. The number of benzene rings is 2. The number of sulfonamides is 1. The highest BCUT2D eigenvalue weighted by Gasteiger charge is 2.67. The minimum Gasteiger partial charge on any atom is -0.408 e.